The van der Waals surface area contributed by atoms with E-state index in [9.17, 15) is 9.18 Å². The topological polar surface area (TPSA) is 61.4 Å². The number of piperazine rings is 1. The average Bonchev–Trinajstić information content (AvgIpc) is 2.77. The van der Waals surface area contributed by atoms with Crippen LogP contribution in [0.25, 0.3) is 0 Å². The summed E-state index contributed by atoms with van der Waals surface area (Å²) < 4.78 is 12.9. The minimum absolute atomic E-state index is 0.170. The van der Waals surface area contributed by atoms with Crippen molar-refractivity contribution in [1.29, 1.82) is 0 Å². The monoisotopic (exact) mass is 391 g/mol. The number of nitrogens with one attached hydrogen (secondary N) is 1. The molecule has 0 spiro atoms. The Labute approximate surface area is 169 Å². The second kappa shape index (κ2) is 8.68. The molecule has 148 valence electrons. The summed E-state index contributed by atoms with van der Waals surface area (Å²) in [5, 5.41) is 2.78. The van der Waals surface area contributed by atoms with Gasteiger partial charge in [0, 0.05) is 31.9 Å². The standard InChI is InChI=1S/C22H22FN5O/c23-18-8-6-17(7-9-18)14-21(29)26-19-15-24-22(25-16-19)28-12-10-27(11-13-28)20-4-2-1-3-5-20/h1-9,15-16H,10-14H2,(H,26,29). The molecule has 1 aromatic heterocycles. The lowest BCUT2D eigenvalue weighted by atomic mass is 10.1. The van der Waals surface area contributed by atoms with Gasteiger partial charge in [-0.3, -0.25) is 4.79 Å². The zero-order valence-electron chi connectivity index (χ0n) is 16.0. The Morgan fingerprint density at radius 2 is 1.52 bits per heavy atom. The van der Waals surface area contributed by atoms with Crippen molar-refractivity contribution in [3.8, 4) is 0 Å². The van der Waals surface area contributed by atoms with Gasteiger partial charge >= 0.3 is 0 Å². The molecule has 3 aromatic rings. The van der Waals surface area contributed by atoms with E-state index in [0.717, 1.165) is 31.7 Å². The number of aromatic nitrogens is 2. The smallest absolute Gasteiger partial charge is 0.228 e. The largest absolute Gasteiger partial charge is 0.368 e. The summed E-state index contributed by atoms with van der Waals surface area (Å²) in [4.78, 5) is 25.4. The van der Waals surface area contributed by atoms with E-state index in [1.807, 2.05) is 18.2 Å². The molecule has 1 aliphatic rings. The highest BCUT2D eigenvalue weighted by atomic mass is 19.1. The van der Waals surface area contributed by atoms with Crippen molar-refractivity contribution < 1.29 is 9.18 Å². The van der Waals surface area contributed by atoms with Crippen LogP contribution in [0.15, 0.2) is 67.0 Å². The first kappa shape index (κ1) is 18.9. The van der Waals surface area contributed by atoms with Gasteiger partial charge in [-0.2, -0.15) is 0 Å². The van der Waals surface area contributed by atoms with Crippen LogP contribution in [0.5, 0.6) is 0 Å². The second-order valence-electron chi connectivity index (χ2n) is 6.93. The van der Waals surface area contributed by atoms with Gasteiger partial charge in [-0.25, -0.2) is 14.4 Å². The third kappa shape index (κ3) is 4.87. The van der Waals surface area contributed by atoms with Crippen LogP contribution in [0.1, 0.15) is 5.56 Å². The number of anilines is 3. The number of carbonyl (C=O) groups excluding carboxylic acids is 1. The highest BCUT2D eigenvalue weighted by molar-refractivity contribution is 5.91. The van der Waals surface area contributed by atoms with Crippen LogP contribution in [0.3, 0.4) is 0 Å². The number of carbonyl (C=O) groups is 1. The summed E-state index contributed by atoms with van der Waals surface area (Å²) in [5.41, 5.74) is 2.52. The quantitative estimate of drug-likeness (QED) is 0.724. The van der Waals surface area contributed by atoms with Gasteiger partial charge in [-0.1, -0.05) is 30.3 Å². The predicted molar refractivity (Wildman–Crippen MR) is 112 cm³/mol. The molecular formula is C22H22FN5O. The SMILES string of the molecule is O=C(Cc1ccc(F)cc1)Nc1cnc(N2CCN(c3ccccc3)CC2)nc1. The van der Waals surface area contributed by atoms with E-state index >= 15 is 0 Å². The van der Waals surface area contributed by atoms with Crippen LogP contribution in [-0.2, 0) is 11.2 Å². The van der Waals surface area contributed by atoms with E-state index in [1.54, 1.807) is 24.5 Å². The molecule has 0 atom stereocenters. The number of hydrogen-bond acceptors (Lipinski definition) is 5. The van der Waals surface area contributed by atoms with Gasteiger partial charge < -0.3 is 15.1 Å². The minimum Gasteiger partial charge on any atom is -0.368 e. The maximum absolute atomic E-state index is 12.9. The fraction of sp³-hybridized carbons (Fsp3) is 0.227. The molecule has 1 aliphatic heterocycles. The molecule has 1 N–H and O–H groups in total. The van der Waals surface area contributed by atoms with E-state index in [-0.39, 0.29) is 18.1 Å². The molecule has 2 heterocycles. The number of para-hydroxylation sites is 1. The molecule has 4 rings (SSSR count). The summed E-state index contributed by atoms with van der Waals surface area (Å²) in [6.07, 6.45) is 3.41. The lowest BCUT2D eigenvalue weighted by Gasteiger charge is -2.36. The van der Waals surface area contributed by atoms with Crippen LogP contribution in [-0.4, -0.2) is 42.1 Å². The zero-order valence-corrected chi connectivity index (χ0v) is 16.0. The van der Waals surface area contributed by atoms with E-state index in [4.69, 9.17) is 0 Å². The zero-order chi connectivity index (χ0) is 20.1. The lowest BCUT2D eigenvalue weighted by Crippen LogP contribution is -2.47. The Bertz CT molecular complexity index is 939. The molecule has 7 heteroatoms. The number of halogens is 1. The van der Waals surface area contributed by atoms with Crippen molar-refractivity contribution in [2.24, 2.45) is 0 Å². The fourth-order valence-corrected chi connectivity index (χ4v) is 3.35. The van der Waals surface area contributed by atoms with Gasteiger partial charge in [0.2, 0.25) is 11.9 Å². The minimum atomic E-state index is -0.317. The maximum atomic E-state index is 12.9. The van der Waals surface area contributed by atoms with E-state index in [0.29, 0.717) is 11.6 Å². The Kier molecular flexibility index (Phi) is 5.65. The first-order valence-corrected chi connectivity index (χ1v) is 9.59. The van der Waals surface area contributed by atoms with Crippen molar-refractivity contribution in [3.63, 3.8) is 0 Å². The van der Waals surface area contributed by atoms with Crippen LogP contribution < -0.4 is 15.1 Å². The summed E-state index contributed by atoms with van der Waals surface area (Å²) in [5.74, 6) is 0.154. The summed E-state index contributed by atoms with van der Waals surface area (Å²) in [6, 6.07) is 16.3. The highest BCUT2D eigenvalue weighted by Gasteiger charge is 2.19. The first-order chi connectivity index (χ1) is 14.2. The van der Waals surface area contributed by atoms with Crippen LogP contribution in [0, 0.1) is 5.82 Å². The Hall–Kier alpha value is -3.48. The van der Waals surface area contributed by atoms with Gasteiger partial charge in [-0.15, -0.1) is 0 Å². The third-order valence-corrected chi connectivity index (χ3v) is 4.88. The van der Waals surface area contributed by atoms with Gasteiger partial charge in [-0.05, 0) is 29.8 Å². The van der Waals surface area contributed by atoms with E-state index in [1.165, 1.54) is 17.8 Å². The van der Waals surface area contributed by atoms with Crippen molar-refractivity contribution in [3.05, 3.63) is 78.4 Å². The van der Waals surface area contributed by atoms with Crippen molar-refractivity contribution >= 4 is 23.2 Å². The molecule has 2 aromatic carbocycles. The molecule has 0 radical (unpaired) electrons. The van der Waals surface area contributed by atoms with Crippen LogP contribution in [0.4, 0.5) is 21.7 Å². The van der Waals surface area contributed by atoms with Gasteiger partial charge in [0.15, 0.2) is 0 Å². The molecule has 0 saturated carbocycles. The van der Waals surface area contributed by atoms with Crippen molar-refractivity contribution in [2.45, 2.75) is 6.42 Å². The van der Waals surface area contributed by atoms with E-state index < -0.39 is 0 Å². The Morgan fingerprint density at radius 3 is 2.17 bits per heavy atom. The molecule has 0 unspecified atom stereocenters. The summed E-state index contributed by atoms with van der Waals surface area (Å²) >= 11 is 0. The molecular weight excluding hydrogens is 369 g/mol. The molecule has 1 fully saturated rings. The van der Waals surface area contributed by atoms with Crippen LogP contribution >= 0.6 is 0 Å². The molecule has 0 bridgehead atoms. The molecule has 1 saturated heterocycles. The van der Waals surface area contributed by atoms with Crippen molar-refractivity contribution in [1.82, 2.24) is 9.97 Å². The molecule has 29 heavy (non-hydrogen) atoms. The number of benzene rings is 2. The first-order valence-electron chi connectivity index (χ1n) is 9.59. The summed E-state index contributed by atoms with van der Waals surface area (Å²) in [7, 11) is 0. The van der Waals surface area contributed by atoms with Crippen molar-refractivity contribution in [2.75, 3.05) is 41.3 Å². The highest BCUT2D eigenvalue weighted by Crippen LogP contribution is 2.18. The van der Waals surface area contributed by atoms with Gasteiger partial charge in [0.05, 0.1) is 24.5 Å². The Balaban J connectivity index is 1.30. The van der Waals surface area contributed by atoms with Gasteiger partial charge in [0.1, 0.15) is 5.82 Å². The average molecular weight is 391 g/mol. The third-order valence-electron chi connectivity index (χ3n) is 4.88. The number of rotatable bonds is 5. The number of hydrogen-bond donors (Lipinski definition) is 1. The van der Waals surface area contributed by atoms with E-state index in [2.05, 4.69) is 37.2 Å². The fourth-order valence-electron chi connectivity index (χ4n) is 3.35. The Morgan fingerprint density at radius 1 is 0.897 bits per heavy atom. The predicted octanol–water partition coefficient (Wildman–Crippen LogP) is 3.12. The van der Waals surface area contributed by atoms with Gasteiger partial charge in [0.25, 0.3) is 0 Å². The molecule has 1 amide bonds. The maximum Gasteiger partial charge on any atom is 0.228 e. The summed E-state index contributed by atoms with van der Waals surface area (Å²) in [6.45, 7) is 3.49. The molecule has 6 nitrogen and oxygen atoms in total. The second-order valence-corrected chi connectivity index (χ2v) is 6.93. The number of nitrogens with zero attached hydrogens (tertiary/aromatic N) is 4. The molecule has 0 aliphatic carbocycles. The lowest BCUT2D eigenvalue weighted by molar-refractivity contribution is -0.115. The van der Waals surface area contributed by atoms with Crippen LogP contribution in [0.2, 0.25) is 0 Å². The number of amides is 1. The normalized spacial score (nSPS) is 14.0.